The topological polar surface area (TPSA) is 59.8 Å². The molecule has 6 heteroatoms. The number of rotatable bonds is 6. The largest absolute Gasteiger partial charge is 0.496 e. The van der Waals surface area contributed by atoms with Crippen molar-refractivity contribution >= 4 is 34.8 Å². The molecule has 0 saturated carbocycles. The van der Waals surface area contributed by atoms with Crippen LogP contribution in [-0.2, 0) is 15.3 Å². The number of aryl methyl sites for hydroxylation is 1. The Labute approximate surface area is 179 Å². The molecule has 0 atom stereocenters. The molecule has 2 aromatic carbocycles. The monoisotopic (exact) mass is 419 g/mol. The molecule has 30 heavy (non-hydrogen) atoms. The average Bonchev–Trinajstić information content (AvgIpc) is 3.35. The summed E-state index contributed by atoms with van der Waals surface area (Å²) in [6.45, 7) is 3.88. The number of anilines is 1. The van der Waals surface area contributed by atoms with E-state index in [1.165, 1.54) is 16.7 Å². The summed E-state index contributed by atoms with van der Waals surface area (Å²) in [7, 11) is 1.55. The Balaban J connectivity index is 1.83. The number of amides is 2. The quantitative estimate of drug-likeness (QED) is 0.519. The number of carbonyl (C=O) groups excluding carboxylic acids is 2. The SMILES string of the molecule is COc1ccccc1C1=C(SCc2ccco2)C(=O)N(c2cccc(C)c2C)C1=O. The molecule has 4 rings (SSSR count). The fourth-order valence-corrected chi connectivity index (χ4v) is 4.47. The molecule has 0 saturated heterocycles. The zero-order valence-corrected chi connectivity index (χ0v) is 17.8. The molecular weight excluding hydrogens is 398 g/mol. The summed E-state index contributed by atoms with van der Waals surface area (Å²) in [5.74, 6) is 1.05. The first-order valence-electron chi connectivity index (χ1n) is 9.50. The molecule has 2 heterocycles. The van der Waals surface area contributed by atoms with E-state index in [4.69, 9.17) is 9.15 Å². The van der Waals surface area contributed by atoms with Crippen LogP contribution in [0.3, 0.4) is 0 Å². The molecule has 152 valence electrons. The van der Waals surface area contributed by atoms with Gasteiger partial charge in [0.15, 0.2) is 0 Å². The average molecular weight is 420 g/mol. The summed E-state index contributed by atoms with van der Waals surface area (Å²) in [6.07, 6.45) is 1.59. The highest BCUT2D eigenvalue weighted by Crippen LogP contribution is 2.42. The first-order valence-corrected chi connectivity index (χ1v) is 10.5. The van der Waals surface area contributed by atoms with Crippen LogP contribution < -0.4 is 9.64 Å². The molecule has 0 fully saturated rings. The van der Waals surface area contributed by atoms with Crippen LogP contribution in [0, 0.1) is 13.8 Å². The maximum absolute atomic E-state index is 13.6. The van der Waals surface area contributed by atoms with Crippen molar-refractivity contribution in [3.8, 4) is 5.75 Å². The van der Waals surface area contributed by atoms with Gasteiger partial charge in [0.1, 0.15) is 11.5 Å². The third kappa shape index (κ3) is 3.44. The third-order valence-corrected chi connectivity index (χ3v) is 6.27. The highest BCUT2D eigenvalue weighted by Gasteiger charge is 2.41. The molecule has 1 aliphatic rings. The summed E-state index contributed by atoms with van der Waals surface area (Å²) in [5.41, 5.74) is 3.48. The van der Waals surface area contributed by atoms with Gasteiger partial charge in [-0.3, -0.25) is 9.59 Å². The summed E-state index contributed by atoms with van der Waals surface area (Å²) in [6, 6.07) is 16.5. The number of methoxy groups -OCH3 is 1. The van der Waals surface area contributed by atoms with Crippen LogP contribution in [0.2, 0.25) is 0 Å². The summed E-state index contributed by atoms with van der Waals surface area (Å²) in [4.78, 5) is 28.7. The van der Waals surface area contributed by atoms with E-state index in [2.05, 4.69) is 0 Å². The minimum Gasteiger partial charge on any atom is -0.496 e. The Kier molecular flexibility index (Phi) is 5.50. The van der Waals surface area contributed by atoms with Crippen molar-refractivity contribution < 1.29 is 18.7 Å². The van der Waals surface area contributed by atoms with Crippen LogP contribution in [-0.4, -0.2) is 18.9 Å². The van der Waals surface area contributed by atoms with Crippen LogP contribution in [0.15, 0.2) is 70.2 Å². The van der Waals surface area contributed by atoms with Crippen molar-refractivity contribution in [2.24, 2.45) is 0 Å². The Morgan fingerprint density at radius 1 is 0.967 bits per heavy atom. The predicted octanol–water partition coefficient (Wildman–Crippen LogP) is 5.12. The highest BCUT2D eigenvalue weighted by molar-refractivity contribution is 8.03. The van der Waals surface area contributed by atoms with Crippen LogP contribution in [0.25, 0.3) is 5.57 Å². The molecule has 5 nitrogen and oxygen atoms in total. The van der Waals surface area contributed by atoms with E-state index in [9.17, 15) is 9.59 Å². The molecule has 0 aliphatic carbocycles. The van der Waals surface area contributed by atoms with Crippen LogP contribution in [0.1, 0.15) is 22.5 Å². The third-order valence-electron chi connectivity index (χ3n) is 5.17. The summed E-state index contributed by atoms with van der Waals surface area (Å²) >= 11 is 1.30. The van der Waals surface area contributed by atoms with Gasteiger partial charge in [-0.05, 0) is 49.2 Å². The maximum Gasteiger partial charge on any atom is 0.272 e. The van der Waals surface area contributed by atoms with Crippen LogP contribution in [0.4, 0.5) is 5.69 Å². The molecule has 0 N–H and O–H groups in total. The van der Waals surface area contributed by atoms with Gasteiger partial charge in [0.2, 0.25) is 0 Å². The van der Waals surface area contributed by atoms with Crippen molar-refractivity contribution in [2.45, 2.75) is 19.6 Å². The van der Waals surface area contributed by atoms with Gasteiger partial charge >= 0.3 is 0 Å². The Bertz CT molecular complexity index is 1150. The van der Waals surface area contributed by atoms with E-state index in [1.807, 2.05) is 44.2 Å². The minimum atomic E-state index is -0.347. The number of hydrogen-bond acceptors (Lipinski definition) is 5. The first kappa shape index (κ1) is 20.0. The number of imide groups is 1. The number of ether oxygens (including phenoxy) is 1. The lowest BCUT2D eigenvalue weighted by Crippen LogP contribution is -2.32. The fraction of sp³-hybridized carbons (Fsp3) is 0.167. The van der Waals surface area contributed by atoms with Crippen molar-refractivity contribution in [3.63, 3.8) is 0 Å². The molecule has 0 unspecified atom stereocenters. The van der Waals surface area contributed by atoms with Gasteiger partial charge in [-0.2, -0.15) is 0 Å². The number of thioether (sulfide) groups is 1. The molecule has 2 amide bonds. The number of furan rings is 1. The maximum atomic E-state index is 13.6. The standard InChI is InChI=1S/C24H21NO4S/c1-15-8-6-11-19(16(15)2)25-23(26)21(18-10-4-5-12-20(18)28-3)22(24(25)27)30-14-17-9-7-13-29-17/h4-13H,14H2,1-3H3. The fourth-order valence-electron chi connectivity index (χ4n) is 3.47. The van der Waals surface area contributed by atoms with Crippen LogP contribution >= 0.6 is 11.8 Å². The van der Waals surface area contributed by atoms with E-state index >= 15 is 0 Å². The van der Waals surface area contributed by atoms with Crippen molar-refractivity contribution in [1.82, 2.24) is 0 Å². The van der Waals surface area contributed by atoms with E-state index < -0.39 is 0 Å². The predicted molar refractivity (Wildman–Crippen MR) is 118 cm³/mol. The van der Waals surface area contributed by atoms with Gasteiger partial charge in [-0.1, -0.05) is 30.3 Å². The lowest BCUT2D eigenvalue weighted by atomic mass is 10.0. The molecular formula is C24H21NO4S. The van der Waals surface area contributed by atoms with Gasteiger partial charge in [-0.15, -0.1) is 11.8 Å². The van der Waals surface area contributed by atoms with Crippen molar-refractivity contribution in [2.75, 3.05) is 12.0 Å². The normalized spacial score (nSPS) is 14.0. The second kappa shape index (κ2) is 8.24. The molecule has 3 aromatic rings. The van der Waals surface area contributed by atoms with E-state index in [1.54, 1.807) is 37.6 Å². The van der Waals surface area contributed by atoms with E-state index in [0.717, 1.165) is 16.9 Å². The van der Waals surface area contributed by atoms with Gasteiger partial charge in [0.05, 0.1) is 35.3 Å². The molecule has 1 aromatic heterocycles. The lowest BCUT2D eigenvalue weighted by molar-refractivity contribution is -0.119. The zero-order chi connectivity index (χ0) is 21.3. The number of benzene rings is 2. The Morgan fingerprint density at radius 2 is 1.77 bits per heavy atom. The first-order chi connectivity index (χ1) is 14.5. The molecule has 0 spiro atoms. The van der Waals surface area contributed by atoms with Gasteiger partial charge in [-0.25, -0.2) is 4.90 Å². The van der Waals surface area contributed by atoms with Crippen molar-refractivity contribution in [1.29, 1.82) is 0 Å². The second-order valence-corrected chi connectivity index (χ2v) is 7.92. The minimum absolute atomic E-state index is 0.328. The van der Waals surface area contributed by atoms with Gasteiger partial charge in [0.25, 0.3) is 11.8 Å². The van der Waals surface area contributed by atoms with E-state index in [0.29, 0.717) is 33.2 Å². The number of nitrogens with zero attached hydrogens (tertiary/aromatic N) is 1. The second-order valence-electron chi connectivity index (χ2n) is 6.94. The lowest BCUT2D eigenvalue weighted by Gasteiger charge is -2.19. The van der Waals surface area contributed by atoms with Gasteiger partial charge < -0.3 is 9.15 Å². The zero-order valence-electron chi connectivity index (χ0n) is 17.0. The highest BCUT2D eigenvalue weighted by atomic mass is 32.2. The van der Waals surface area contributed by atoms with E-state index in [-0.39, 0.29) is 11.8 Å². The van der Waals surface area contributed by atoms with Crippen molar-refractivity contribution in [3.05, 3.63) is 88.2 Å². The van der Waals surface area contributed by atoms with Crippen LogP contribution in [0.5, 0.6) is 5.75 Å². The number of para-hydroxylation sites is 1. The molecule has 0 radical (unpaired) electrons. The Hall–Kier alpha value is -3.25. The number of hydrogen-bond donors (Lipinski definition) is 0. The Morgan fingerprint density at radius 3 is 2.50 bits per heavy atom. The molecule has 1 aliphatic heterocycles. The van der Waals surface area contributed by atoms with Gasteiger partial charge in [0, 0.05) is 5.56 Å². The smallest absolute Gasteiger partial charge is 0.272 e. The number of carbonyl (C=O) groups is 2. The summed E-state index contributed by atoms with van der Waals surface area (Å²) < 4.78 is 10.9. The molecule has 0 bridgehead atoms. The summed E-state index contributed by atoms with van der Waals surface area (Å²) in [5, 5.41) is 0.